The number of benzene rings is 1. The number of anilines is 1. The lowest BCUT2D eigenvalue weighted by Gasteiger charge is -2.28. The van der Waals surface area contributed by atoms with Gasteiger partial charge >= 0.3 is 6.03 Å². The number of nitrogens with one attached hydrogen (secondary N) is 3. The number of carbonyl (C=O) groups excluding carboxylic acids is 3. The van der Waals surface area contributed by atoms with Crippen molar-refractivity contribution in [2.45, 2.75) is 33.2 Å². The van der Waals surface area contributed by atoms with E-state index in [1.165, 1.54) is 0 Å². The Kier molecular flexibility index (Phi) is 4.26. The van der Waals surface area contributed by atoms with Gasteiger partial charge in [-0.15, -0.1) is 0 Å². The lowest BCUT2D eigenvalue weighted by atomic mass is 9.94. The van der Waals surface area contributed by atoms with Crippen LogP contribution in [-0.4, -0.2) is 23.9 Å². The van der Waals surface area contributed by atoms with Crippen LogP contribution in [0.3, 0.4) is 0 Å². The Morgan fingerprint density at radius 3 is 2.62 bits per heavy atom. The van der Waals surface area contributed by atoms with Gasteiger partial charge in [-0.2, -0.15) is 0 Å². The van der Waals surface area contributed by atoms with Gasteiger partial charge in [0.15, 0.2) is 0 Å². The summed E-state index contributed by atoms with van der Waals surface area (Å²) in [6, 6.07) is 4.86. The number of urea groups is 1. The Balaban J connectivity index is 2.01. The van der Waals surface area contributed by atoms with Crippen LogP contribution in [0.1, 0.15) is 24.5 Å². The maximum absolute atomic E-state index is 12.1. The van der Waals surface area contributed by atoms with Gasteiger partial charge in [-0.3, -0.25) is 14.9 Å². The minimum atomic E-state index is -0.562. The highest BCUT2D eigenvalue weighted by Gasteiger charge is 2.34. The fourth-order valence-electron chi connectivity index (χ4n) is 2.40. The summed E-state index contributed by atoms with van der Waals surface area (Å²) in [6.07, 6.45) is 0.0284. The maximum atomic E-state index is 12.1. The zero-order valence-electron chi connectivity index (χ0n) is 12.3. The fraction of sp³-hybridized carbons (Fsp3) is 0.400. The highest BCUT2D eigenvalue weighted by atomic mass is 16.2. The molecule has 2 unspecified atom stereocenters. The third-order valence-electron chi connectivity index (χ3n) is 3.60. The molecule has 3 N–H and O–H groups in total. The van der Waals surface area contributed by atoms with Gasteiger partial charge in [0.1, 0.15) is 0 Å². The van der Waals surface area contributed by atoms with Gasteiger partial charge in [0.25, 0.3) is 0 Å². The van der Waals surface area contributed by atoms with Crippen LogP contribution >= 0.6 is 0 Å². The average Bonchev–Trinajstić information content (AvgIpc) is 2.37. The van der Waals surface area contributed by atoms with Crippen LogP contribution in [0.5, 0.6) is 0 Å². The smallest absolute Gasteiger partial charge is 0.321 e. The minimum Gasteiger partial charge on any atom is -0.335 e. The van der Waals surface area contributed by atoms with Crippen LogP contribution in [0.4, 0.5) is 10.5 Å². The lowest BCUT2D eigenvalue weighted by Crippen LogP contribution is -2.57. The second-order valence-electron chi connectivity index (χ2n) is 5.43. The summed E-state index contributed by atoms with van der Waals surface area (Å²) in [5.74, 6) is -1.22. The summed E-state index contributed by atoms with van der Waals surface area (Å²) >= 11 is 0. The Bertz CT molecular complexity index is 598. The molecule has 4 amide bonds. The van der Waals surface area contributed by atoms with Crippen molar-refractivity contribution in [2.75, 3.05) is 5.32 Å². The summed E-state index contributed by atoms with van der Waals surface area (Å²) in [6.45, 7) is 5.61. The first kappa shape index (κ1) is 15.0. The van der Waals surface area contributed by atoms with Crippen LogP contribution < -0.4 is 16.0 Å². The van der Waals surface area contributed by atoms with Crippen LogP contribution in [0.25, 0.3) is 0 Å². The molecule has 1 aliphatic rings. The van der Waals surface area contributed by atoms with E-state index in [2.05, 4.69) is 16.0 Å². The molecular formula is C15H19N3O3. The molecule has 1 saturated heterocycles. The van der Waals surface area contributed by atoms with E-state index >= 15 is 0 Å². The normalized spacial score (nSPS) is 21.5. The van der Waals surface area contributed by atoms with Gasteiger partial charge in [0.05, 0.1) is 5.92 Å². The van der Waals surface area contributed by atoms with Crippen molar-refractivity contribution >= 4 is 23.5 Å². The number of carbonyl (C=O) groups is 3. The van der Waals surface area contributed by atoms with E-state index < -0.39 is 17.9 Å². The Morgan fingerprint density at radius 2 is 2.00 bits per heavy atom. The summed E-state index contributed by atoms with van der Waals surface area (Å²) in [5.41, 5.74) is 2.82. The maximum Gasteiger partial charge on any atom is 0.321 e. The molecule has 112 valence electrons. The van der Waals surface area contributed by atoms with Crippen LogP contribution in [0.2, 0.25) is 0 Å². The van der Waals surface area contributed by atoms with Gasteiger partial charge in [-0.25, -0.2) is 4.79 Å². The molecule has 0 spiro atoms. The molecular weight excluding hydrogens is 270 g/mol. The van der Waals surface area contributed by atoms with Crippen molar-refractivity contribution in [2.24, 2.45) is 5.92 Å². The summed E-state index contributed by atoms with van der Waals surface area (Å²) < 4.78 is 0. The van der Waals surface area contributed by atoms with Gasteiger partial charge in [0, 0.05) is 18.2 Å². The van der Waals surface area contributed by atoms with E-state index in [-0.39, 0.29) is 18.4 Å². The third-order valence-corrected chi connectivity index (χ3v) is 3.60. The zero-order chi connectivity index (χ0) is 15.6. The molecule has 6 nitrogen and oxygen atoms in total. The number of rotatable bonds is 3. The Labute approximate surface area is 123 Å². The standard InChI is InChI=1S/C15H19N3O3/c1-8-4-5-12(9(2)6-8)17-13(19)7-11-10(3)16-15(21)18-14(11)20/h4-6,10-11H,7H2,1-3H3,(H,17,19)(H2,16,18,20,21). The summed E-state index contributed by atoms with van der Waals surface area (Å²) in [4.78, 5) is 35.0. The third kappa shape index (κ3) is 3.59. The largest absolute Gasteiger partial charge is 0.335 e. The second kappa shape index (κ2) is 5.95. The van der Waals surface area contributed by atoms with E-state index in [0.717, 1.165) is 16.8 Å². The molecule has 1 aromatic rings. The van der Waals surface area contributed by atoms with Crippen LogP contribution in [-0.2, 0) is 9.59 Å². The topological polar surface area (TPSA) is 87.3 Å². The summed E-state index contributed by atoms with van der Waals surface area (Å²) in [7, 11) is 0. The van der Waals surface area contributed by atoms with Crippen molar-refractivity contribution < 1.29 is 14.4 Å². The predicted octanol–water partition coefficient (Wildman–Crippen LogP) is 1.48. The van der Waals surface area contributed by atoms with E-state index in [9.17, 15) is 14.4 Å². The molecule has 2 atom stereocenters. The van der Waals surface area contributed by atoms with E-state index in [1.807, 2.05) is 32.0 Å². The van der Waals surface area contributed by atoms with Crippen molar-refractivity contribution in [3.8, 4) is 0 Å². The molecule has 0 aliphatic carbocycles. The number of hydrogen-bond acceptors (Lipinski definition) is 3. The molecule has 1 fully saturated rings. The number of hydrogen-bond donors (Lipinski definition) is 3. The first-order valence-electron chi connectivity index (χ1n) is 6.85. The molecule has 21 heavy (non-hydrogen) atoms. The van der Waals surface area contributed by atoms with Crippen molar-refractivity contribution in [3.05, 3.63) is 29.3 Å². The van der Waals surface area contributed by atoms with E-state index in [1.54, 1.807) is 6.92 Å². The molecule has 0 aromatic heterocycles. The lowest BCUT2D eigenvalue weighted by molar-refractivity contribution is -0.129. The molecule has 1 aromatic carbocycles. The number of amides is 4. The fourth-order valence-corrected chi connectivity index (χ4v) is 2.40. The minimum absolute atomic E-state index is 0.0284. The highest BCUT2D eigenvalue weighted by molar-refractivity contribution is 6.01. The molecule has 0 radical (unpaired) electrons. The molecule has 1 aliphatic heterocycles. The predicted molar refractivity (Wildman–Crippen MR) is 78.8 cm³/mol. The van der Waals surface area contributed by atoms with E-state index in [0.29, 0.717) is 0 Å². The molecule has 0 bridgehead atoms. The summed E-state index contributed by atoms with van der Waals surface area (Å²) in [5, 5.41) is 7.58. The Morgan fingerprint density at radius 1 is 1.29 bits per heavy atom. The first-order chi connectivity index (χ1) is 9.86. The molecule has 2 rings (SSSR count). The second-order valence-corrected chi connectivity index (χ2v) is 5.43. The number of aryl methyl sites for hydroxylation is 2. The van der Waals surface area contributed by atoms with Gasteiger partial charge in [-0.05, 0) is 32.4 Å². The number of imide groups is 1. The van der Waals surface area contributed by atoms with Crippen LogP contribution in [0.15, 0.2) is 18.2 Å². The Hall–Kier alpha value is -2.37. The molecule has 6 heteroatoms. The average molecular weight is 289 g/mol. The monoisotopic (exact) mass is 289 g/mol. The SMILES string of the molecule is Cc1ccc(NC(=O)CC2C(=O)NC(=O)NC2C)c(C)c1. The molecule has 1 heterocycles. The highest BCUT2D eigenvalue weighted by Crippen LogP contribution is 2.18. The van der Waals surface area contributed by atoms with Gasteiger partial charge < -0.3 is 10.6 Å². The zero-order valence-corrected chi connectivity index (χ0v) is 12.3. The van der Waals surface area contributed by atoms with Crippen molar-refractivity contribution in [3.63, 3.8) is 0 Å². The molecule has 0 saturated carbocycles. The first-order valence-corrected chi connectivity index (χ1v) is 6.85. The van der Waals surface area contributed by atoms with Crippen LogP contribution in [0, 0.1) is 19.8 Å². The van der Waals surface area contributed by atoms with Crippen molar-refractivity contribution in [1.82, 2.24) is 10.6 Å². The van der Waals surface area contributed by atoms with Gasteiger partial charge in [0.2, 0.25) is 11.8 Å². The van der Waals surface area contributed by atoms with Gasteiger partial charge in [-0.1, -0.05) is 17.7 Å². The quantitative estimate of drug-likeness (QED) is 0.787. The van der Waals surface area contributed by atoms with Crippen molar-refractivity contribution in [1.29, 1.82) is 0 Å². The van der Waals surface area contributed by atoms with E-state index in [4.69, 9.17) is 0 Å².